The molecule has 0 bridgehead atoms. The van der Waals surface area contributed by atoms with E-state index in [9.17, 15) is 0 Å². The Morgan fingerprint density at radius 1 is 0.300 bits per heavy atom. The van der Waals surface area contributed by atoms with E-state index < -0.39 is 0 Å². The van der Waals surface area contributed by atoms with Gasteiger partial charge in [-0.2, -0.15) is 0 Å². The SMILES string of the molecule is c1ccc(-c2ccccc2-c2c(-c3ccccc3)cccc2-c2ccc(N(c3cccc(-c4ccc5ccccc5c4)c3)c3cccc4oc5ccccc5c34)cc2)cc1. The standard InChI is InChI=1S/C58H39NO/c1-3-17-41(18-4-1)49-24-9-10-25-52(49)57-50(42-19-5-2-6-20-42)27-14-28-51(57)43-34-36-47(37-35-43)59(54-29-15-31-56-58(54)53-26-11-12-30-55(53)60-56)48-23-13-22-45(39-48)46-33-32-40-16-7-8-21-44(40)38-46/h1-39H. The molecule has 11 aromatic rings. The number of benzene rings is 10. The lowest BCUT2D eigenvalue weighted by molar-refractivity contribution is 0.669. The van der Waals surface area contributed by atoms with Gasteiger partial charge in [0.25, 0.3) is 0 Å². The molecule has 0 spiro atoms. The van der Waals surface area contributed by atoms with E-state index in [2.05, 4.69) is 235 Å². The lowest BCUT2D eigenvalue weighted by Crippen LogP contribution is -2.10. The van der Waals surface area contributed by atoms with Gasteiger partial charge in [0.05, 0.1) is 11.1 Å². The molecule has 0 saturated heterocycles. The van der Waals surface area contributed by atoms with Crippen LogP contribution >= 0.6 is 0 Å². The van der Waals surface area contributed by atoms with Crippen LogP contribution in [-0.4, -0.2) is 0 Å². The quantitative estimate of drug-likeness (QED) is 0.153. The minimum atomic E-state index is 0.862. The highest BCUT2D eigenvalue weighted by Gasteiger charge is 2.22. The third-order valence-corrected chi connectivity index (χ3v) is 11.7. The summed E-state index contributed by atoms with van der Waals surface area (Å²) in [5.41, 5.74) is 16.8. The summed E-state index contributed by atoms with van der Waals surface area (Å²) in [6.45, 7) is 0. The molecule has 2 nitrogen and oxygen atoms in total. The van der Waals surface area contributed by atoms with Crippen LogP contribution in [0.3, 0.4) is 0 Å². The Kier molecular flexibility index (Phi) is 8.87. The molecule has 0 aliphatic carbocycles. The van der Waals surface area contributed by atoms with Crippen molar-refractivity contribution >= 4 is 49.8 Å². The Morgan fingerprint density at radius 2 is 0.833 bits per heavy atom. The van der Waals surface area contributed by atoms with E-state index in [4.69, 9.17) is 4.42 Å². The average Bonchev–Trinajstić information content (AvgIpc) is 3.72. The van der Waals surface area contributed by atoms with Crippen molar-refractivity contribution in [3.05, 3.63) is 237 Å². The van der Waals surface area contributed by atoms with Crippen molar-refractivity contribution in [2.75, 3.05) is 4.90 Å². The zero-order valence-electron chi connectivity index (χ0n) is 32.9. The minimum Gasteiger partial charge on any atom is -0.456 e. The first-order valence-electron chi connectivity index (χ1n) is 20.5. The molecule has 11 rings (SSSR count). The summed E-state index contributed by atoms with van der Waals surface area (Å²) in [6.07, 6.45) is 0. The smallest absolute Gasteiger partial charge is 0.137 e. The maximum atomic E-state index is 6.44. The van der Waals surface area contributed by atoms with Crippen molar-refractivity contribution in [1.82, 2.24) is 0 Å². The van der Waals surface area contributed by atoms with Gasteiger partial charge in [0.15, 0.2) is 0 Å². The monoisotopic (exact) mass is 765 g/mol. The molecule has 0 radical (unpaired) electrons. The van der Waals surface area contributed by atoms with E-state index >= 15 is 0 Å². The summed E-state index contributed by atoms with van der Waals surface area (Å²) in [6, 6.07) is 84.9. The summed E-state index contributed by atoms with van der Waals surface area (Å²) in [7, 11) is 0. The fourth-order valence-corrected chi connectivity index (χ4v) is 8.86. The van der Waals surface area contributed by atoms with Gasteiger partial charge in [-0.05, 0) is 115 Å². The molecule has 2 heteroatoms. The maximum Gasteiger partial charge on any atom is 0.137 e. The fraction of sp³-hybridized carbons (Fsp3) is 0. The molecule has 10 aromatic carbocycles. The van der Waals surface area contributed by atoms with Crippen molar-refractivity contribution in [3.63, 3.8) is 0 Å². The van der Waals surface area contributed by atoms with E-state index in [1.54, 1.807) is 0 Å². The number of anilines is 3. The molecule has 0 aliphatic rings. The Balaban J connectivity index is 1.09. The van der Waals surface area contributed by atoms with Gasteiger partial charge in [-0.3, -0.25) is 0 Å². The summed E-state index contributed by atoms with van der Waals surface area (Å²) >= 11 is 0. The second kappa shape index (κ2) is 15.1. The Morgan fingerprint density at radius 3 is 1.62 bits per heavy atom. The van der Waals surface area contributed by atoms with Crippen LogP contribution in [0.1, 0.15) is 0 Å². The van der Waals surface area contributed by atoms with Crippen LogP contribution in [0.4, 0.5) is 17.1 Å². The molecule has 0 fully saturated rings. The molecule has 0 amide bonds. The van der Waals surface area contributed by atoms with Gasteiger partial charge >= 0.3 is 0 Å². The van der Waals surface area contributed by atoms with Crippen LogP contribution < -0.4 is 4.90 Å². The first-order chi connectivity index (χ1) is 29.8. The van der Waals surface area contributed by atoms with Crippen LogP contribution in [-0.2, 0) is 0 Å². The van der Waals surface area contributed by atoms with E-state index in [1.165, 1.54) is 55.3 Å². The predicted molar refractivity (Wildman–Crippen MR) is 253 cm³/mol. The maximum absolute atomic E-state index is 6.44. The highest BCUT2D eigenvalue weighted by atomic mass is 16.3. The first-order valence-corrected chi connectivity index (χ1v) is 20.5. The molecule has 0 saturated carbocycles. The predicted octanol–water partition coefficient (Wildman–Crippen LogP) is 16.5. The topological polar surface area (TPSA) is 16.4 Å². The number of fused-ring (bicyclic) bond motifs is 4. The number of hydrogen-bond acceptors (Lipinski definition) is 2. The number of nitrogens with zero attached hydrogens (tertiary/aromatic N) is 1. The highest BCUT2D eigenvalue weighted by molar-refractivity contribution is 6.13. The van der Waals surface area contributed by atoms with Crippen molar-refractivity contribution in [2.24, 2.45) is 0 Å². The van der Waals surface area contributed by atoms with Gasteiger partial charge in [0.1, 0.15) is 11.2 Å². The molecule has 0 unspecified atom stereocenters. The minimum absolute atomic E-state index is 0.862. The highest BCUT2D eigenvalue weighted by Crippen LogP contribution is 2.47. The lowest BCUT2D eigenvalue weighted by atomic mass is 9.84. The molecule has 0 atom stereocenters. The Hall–Kier alpha value is -7.94. The van der Waals surface area contributed by atoms with Gasteiger partial charge in [-0.15, -0.1) is 0 Å². The second-order valence-electron chi connectivity index (χ2n) is 15.2. The van der Waals surface area contributed by atoms with Crippen molar-refractivity contribution in [3.8, 4) is 55.6 Å². The van der Waals surface area contributed by atoms with Crippen molar-refractivity contribution in [1.29, 1.82) is 0 Å². The second-order valence-corrected chi connectivity index (χ2v) is 15.2. The fourth-order valence-electron chi connectivity index (χ4n) is 8.86. The van der Waals surface area contributed by atoms with Crippen LogP contribution in [0.15, 0.2) is 241 Å². The molecular formula is C58H39NO. The molecule has 0 N–H and O–H groups in total. The summed E-state index contributed by atoms with van der Waals surface area (Å²) in [4.78, 5) is 2.38. The number of para-hydroxylation sites is 1. The van der Waals surface area contributed by atoms with Crippen LogP contribution in [0.5, 0.6) is 0 Å². The Labute approximate surface area is 349 Å². The molecule has 1 heterocycles. The number of hydrogen-bond donors (Lipinski definition) is 0. The van der Waals surface area contributed by atoms with Gasteiger partial charge in [0, 0.05) is 16.8 Å². The van der Waals surface area contributed by atoms with E-state index in [0.29, 0.717) is 0 Å². The molecule has 282 valence electrons. The molecule has 60 heavy (non-hydrogen) atoms. The van der Waals surface area contributed by atoms with Crippen molar-refractivity contribution < 1.29 is 4.42 Å². The third-order valence-electron chi connectivity index (χ3n) is 11.7. The van der Waals surface area contributed by atoms with Crippen LogP contribution in [0.25, 0.3) is 88.3 Å². The summed E-state index contributed by atoms with van der Waals surface area (Å²) < 4.78 is 6.44. The Bertz CT molecular complexity index is 3310. The molecular weight excluding hydrogens is 727 g/mol. The zero-order chi connectivity index (χ0) is 39.8. The number of furan rings is 1. The van der Waals surface area contributed by atoms with Crippen LogP contribution in [0, 0.1) is 0 Å². The van der Waals surface area contributed by atoms with Gasteiger partial charge in [0.2, 0.25) is 0 Å². The first kappa shape index (κ1) is 35.2. The van der Waals surface area contributed by atoms with Gasteiger partial charge < -0.3 is 9.32 Å². The van der Waals surface area contributed by atoms with E-state index in [-0.39, 0.29) is 0 Å². The van der Waals surface area contributed by atoms with Crippen molar-refractivity contribution in [2.45, 2.75) is 0 Å². The molecule has 1 aromatic heterocycles. The number of rotatable bonds is 8. The summed E-state index contributed by atoms with van der Waals surface area (Å²) in [5.74, 6) is 0. The summed E-state index contributed by atoms with van der Waals surface area (Å²) in [5, 5.41) is 4.64. The largest absolute Gasteiger partial charge is 0.456 e. The van der Waals surface area contributed by atoms with Crippen LogP contribution in [0.2, 0.25) is 0 Å². The lowest BCUT2D eigenvalue weighted by Gasteiger charge is -2.27. The van der Waals surface area contributed by atoms with Gasteiger partial charge in [-0.1, -0.05) is 188 Å². The third kappa shape index (κ3) is 6.32. The average molecular weight is 766 g/mol. The van der Waals surface area contributed by atoms with Gasteiger partial charge in [-0.25, -0.2) is 0 Å². The van der Waals surface area contributed by atoms with E-state index in [0.717, 1.165) is 50.1 Å². The molecule has 0 aliphatic heterocycles. The van der Waals surface area contributed by atoms with E-state index in [1.807, 2.05) is 6.07 Å². The zero-order valence-corrected chi connectivity index (χ0v) is 32.9. The normalized spacial score (nSPS) is 11.3.